The van der Waals surface area contributed by atoms with E-state index in [1.807, 2.05) is 6.08 Å². The molecule has 12 atom stereocenters. The van der Waals surface area contributed by atoms with Crippen LogP contribution in [-0.4, -0.2) is 140 Å². The number of hydrogen-bond donors (Lipinski definition) is 9. The maximum atomic E-state index is 13.2. The van der Waals surface area contributed by atoms with Crippen LogP contribution in [0.5, 0.6) is 0 Å². The molecule has 14 nitrogen and oxygen atoms in total. The van der Waals surface area contributed by atoms with E-state index < -0.39 is 86.8 Å². The molecule has 2 aliphatic heterocycles. The maximum absolute atomic E-state index is 13.2. The second-order valence-electron chi connectivity index (χ2n) is 22.5. The van der Waals surface area contributed by atoms with Crippen molar-refractivity contribution in [2.45, 2.75) is 325 Å². The lowest BCUT2D eigenvalue weighted by Crippen LogP contribution is -2.65. The van der Waals surface area contributed by atoms with Crippen molar-refractivity contribution in [1.82, 2.24) is 5.32 Å². The van der Waals surface area contributed by atoms with Crippen molar-refractivity contribution < 1.29 is 64.6 Å². The van der Waals surface area contributed by atoms with Crippen LogP contribution in [0.3, 0.4) is 0 Å². The zero-order valence-electron chi connectivity index (χ0n) is 49.6. The molecule has 12 unspecified atom stereocenters. The van der Waals surface area contributed by atoms with Crippen molar-refractivity contribution in [3.63, 3.8) is 0 Å². The molecule has 0 aromatic carbocycles. The lowest BCUT2D eigenvalue weighted by molar-refractivity contribution is -0.359. The Bertz CT molecular complexity index is 1560. The molecule has 2 fully saturated rings. The van der Waals surface area contributed by atoms with E-state index in [0.717, 1.165) is 70.6 Å². The number of ether oxygens (including phenoxy) is 4. The number of aliphatic hydroxyl groups excluding tert-OH is 8. The molecular formula is C65H117NO13. The smallest absolute Gasteiger partial charge is 0.220 e. The topological polar surface area (TPSA) is 228 Å². The van der Waals surface area contributed by atoms with Crippen molar-refractivity contribution in [2.75, 3.05) is 19.8 Å². The maximum Gasteiger partial charge on any atom is 0.220 e. The number of carbonyl (C=O) groups excluding carboxylic acids is 1. The molecule has 460 valence electrons. The van der Waals surface area contributed by atoms with Gasteiger partial charge in [0.1, 0.15) is 48.8 Å². The summed E-state index contributed by atoms with van der Waals surface area (Å²) in [4.78, 5) is 13.2. The first-order valence-electron chi connectivity index (χ1n) is 32.0. The van der Waals surface area contributed by atoms with Crippen LogP contribution in [0.4, 0.5) is 0 Å². The zero-order valence-corrected chi connectivity index (χ0v) is 49.6. The Morgan fingerprint density at radius 2 is 0.873 bits per heavy atom. The molecule has 0 bridgehead atoms. The third-order valence-electron chi connectivity index (χ3n) is 15.5. The van der Waals surface area contributed by atoms with Gasteiger partial charge in [0.2, 0.25) is 5.91 Å². The van der Waals surface area contributed by atoms with Crippen molar-refractivity contribution in [1.29, 1.82) is 0 Å². The highest BCUT2D eigenvalue weighted by atomic mass is 16.7. The van der Waals surface area contributed by atoms with Crippen LogP contribution in [-0.2, 0) is 23.7 Å². The molecule has 9 N–H and O–H groups in total. The Hall–Kier alpha value is -2.31. The third kappa shape index (κ3) is 35.4. The molecule has 0 saturated carbocycles. The Labute approximate surface area is 479 Å². The van der Waals surface area contributed by atoms with Gasteiger partial charge in [-0.05, 0) is 57.8 Å². The number of unbranched alkanes of at least 4 members (excludes halogenated alkanes) is 30. The van der Waals surface area contributed by atoms with Gasteiger partial charge >= 0.3 is 0 Å². The summed E-state index contributed by atoms with van der Waals surface area (Å²) in [5.41, 5.74) is 0. The van der Waals surface area contributed by atoms with Gasteiger partial charge in [-0.25, -0.2) is 0 Å². The second-order valence-corrected chi connectivity index (χ2v) is 22.5. The predicted molar refractivity (Wildman–Crippen MR) is 318 cm³/mol. The summed E-state index contributed by atoms with van der Waals surface area (Å²) in [6, 6.07) is -0.911. The lowest BCUT2D eigenvalue weighted by Gasteiger charge is -2.46. The number of amides is 1. The van der Waals surface area contributed by atoms with Gasteiger partial charge < -0.3 is 65.1 Å². The van der Waals surface area contributed by atoms with Gasteiger partial charge in [0.05, 0.1) is 32.0 Å². The zero-order chi connectivity index (χ0) is 57.4. The Morgan fingerprint density at radius 3 is 1.34 bits per heavy atom. The molecule has 1 amide bonds. The van der Waals surface area contributed by atoms with Gasteiger partial charge in [-0.3, -0.25) is 4.79 Å². The predicted octanol–water partition coefficient (Wildman–Crippen LogP) is 11.7. The van der Waals surface area contributed by atoms with E-state index in [9.17, 15) is 45.6 Å². The molecule has 0 aromatic rings. The highest BCUT2D eigenvalue weighted by Gasteiger charge is 2.51. The molecule has 0 aliphatic carbocycles. The van der Waals surface area contributed by atoms with Gasteiger partial charge in [0.25, 0.3) is 0 Å². The molecular weight excluding hydrogens is 1000 g/mol. The van der Waals surface area contributed by atoms with E-state index >= 15 is 0 Å². The Balaban J connectivity index is 1.53. The van der Waals surface area contributed by atoms with Crippen LogP contribution >= 0.6 is 0 Å². The summed E-state index contributed by atoms with van der Waals surface area (Å²) >= 11 is 0. The van der Waals surface area contributed by atoms with Crippen molar-refractivity contribution in [2.24, 2.45) is 0 Å². The first kappa shape index (κ1) is 72.8. The van der Waals surface area contributed by atoms with Crippen LogP contribution in [0.2, 0.25) is 0 Å². The van der Waals surface area contributed by atoms with Gasteiger partial charge in [0, 0.05) is 6.42 Å². The monoisotopic (exact) mass is 1120 g/mol. The molecule has 2 aliphatic rings. The number of nitrogens with one attached hydrogen (secondary N) is 1. The van der Waals surface area contributed by atoms with E-state index in [-0.39, 0.29) is 18.9 Å². The summed E-state index contributed by atoms with van der Waals surface area (Å²) < 4.78 is 22.7. The normalized spacial score (nSPS) is 24.8. The van der Waals surface area contributed by atoms with Gasteiger partial charge in [0.15, 0.2) is 12.6 Å². The number of allylic oxidation sites excluding steroid dienone is 9. The summed E-state index contributed by atoms with van der Waals surface area (Å²) in [5.74, 6) is -0.240. The van der Waals surface area contributed by atoms with E-state index in [1.54, 1.807) is 6.08 Å². The Morgan fingerprint density at radius 1 is 0.468 bits per heavy atom. The average molecular weight is 1120 g/mol. The van der Waals surface area contributed by atoms with E-state index in [2.05, 4.69) is 67.8 Å². The van der Waals surface area contributed by atoms with Crippen LogP contribution in [0.15, 0.2) is 60.8 Å². The largest absolute Gasteiger partial charge is 0.394 e. The van der Waals surface area contributed by atoms with Crippen LogP contribution in [0, 0.1) is 0 Å². The van der Waals surface area contributed by atoms with Crippen LogP contribution in [0.25, 0.3) is 0 Å². The number of aliphatic hydroxyl groups is 8. The van der Waals surface area contributed by atoms with E-state index in [4.69, 9.17) is 18.9 Å². The highest BCUT2D eigenvalue weighted by molar-refractivity contribution is 5.76. The minimum Gasteiger partial charge on any atom is -0.394 e. The fourth-order valence-electron chi connectivity index (χ4n) is 10.3. The minimum absolute atomic E-state index is 0.240. The molecule has 2 saturated heterocycles. The van der Waals surface area contributed by atoms with Crippen molar-refractivity contribution in [3.8, 4) is 0 Å². The standard InChI is InChI=1S/C65H117NO13/c1-3-5-7-9-11-13-14-15-16-17-18-19-20-21-22-23-24-25-26-27-28-29-30-31-32-33-34-35-36-37-38-39-40-41-43-45-47-49-57(70)66-53(54(69)48-46-44-42-12-10-8-6-4-2)52-76-64-62(75)60(73)63(56(51-68)78-64)79-65-61(74)59(72)58(71)55(50-67)77-65/h5,7,11,13,15-16,18-19,46,48,53-56,58-65,67-69,71-75H,3-4,6,8-10,12,14,17,20-45,47,49-52H2,1-2H3,(H,66,70)/b7-5-,13-11-,16-15-,19-18-,48-46+. The summed E-state index contributed by atoms with van der Waals surface area (Å²) in [5, 5.41) is 86.8. The van der Waals surface area contributed by atoms with E-state index in [1.165, 1.54) is 154 Å². The van der Waals surface area contributed by atoms with Crippen molar-refractivity contribution in [3.05, 3.63) is 60.8 Å². The van der Waals surface area contributed by atoms with Gasteiger partial charge in [-0.1, -0.05) is 248 Å². The van der Waals surface area contributed by atoms with E-state index in [0.29, 0.717) is 6.42 Å². The molecule has 14 heteroatoms. The first-order valence-corrected chi connectivity index (χ1v) is 32.0. The van der Waals surface area contributed by atoms with Crippen LogP contribution < -0.4 is 5.32 Å². The third-order valence-corrected chi connectivity index (χ3v) is 15.5. The first-order chi connectivity index (χ1) is 38.6. The summed E-state index contributed by atoms with van der Waals surface area (Å²) in [7, 11) is 0. The Kier molecular flexibility index (Phi) is 46.3. The number of carbonyl (C=O) groups is 1. The molecule has 0 spiro atoms. The summed E-state index contributed by atoms with van der Waals surface area (Å²) in [6.07, 6.45) is 49.0. The van der Waals surface area contributed by atoms with Gasteiger partial charge in [-0.2, -0.15) is 0 Å². The fraction of sp³-hybridized carbons (Fsp3) is 0.831. The molecule has 0 aromatic heterocycles. The number of hydrogen-bond acceptors (Lipinski definition) is 13. The van der Waals surface area contributed by atoms with Gasteiger partial charge in [-0.15, -0.1) is 0 Å². The quantitative estimate of drug-likeness (QED) is 0.0204. The minimum atomic E-state index is -1.79. The molecule has 2 heterocycles. The van der Waals surface area contributed by atoms with Crippen LogP contribution in [0.1, 0.15) is 251 Å². The fourth-order valence-corrected chi connectivity index (χ4v) is 10.3. The number of rotatable bonds is 51. The second kappa shape index (κ2) is 50.2. The molecule has 2 rings (SSSR count). The average Bonchev–Trinajstić information content (AvgIpc) is 3.47. The lowest BCUT2D eigenvalue weighted by atomic mass is 9.97. The molecule has 0 radical (unpaired) electrons. The summed E-state index contributed by atoms with van der Waals surface area (Å²) in [6.45, 7) is 2.64. The SMILES string of the molecule is CC/C=C\C/C=C\C/C=C\C/C=C\CCCCCCCCCCCCCCCCCCCCCCCCCCC(=O)NC(COC1OC(CO)C(OC2OC(CO)C(O)C(O)C2O)C(O)C1O)C(O)/C=C/CCCCCCCC. The molecule has 79 heavy (non-hydrogen) atoms. The van der Waals surface area contributed by atoms with Crippen molar-refractivity contribution >= 4 is 5.91 Å². The highest BCUT2D eigenvalue weighted by Crippen LogP contribution is 2.30.